The number of halogens is 2. The molecular weight excluding hydrogens is 609 g/mol. The number of nitrogens with zero attached hydrogens (tertiary/aromatic N) is 6. The summed E-state index contributed by atoms with van der Waals surface area (Å²) in [5.74, 6) is 2.44. The largest absolute Gasteiger partial charge is 0.436 e. The number of hydrogen-bond donors (Lipinski definition) is 1. The molecule has 10 nitrogen and oxygen atoms in total. The van der Waals surface area contributed by atoms with Gasteiger partial charge in [-0.05, 0) is 61.7 Å². The number of piperazine rings is 1. The number of aromatic nitrogens is 3. The lowest BCUT2D eigenvalue weighted by Crippen LogP contribution is -2.56. The Morgan fingerprint density at radius 2 is 1.65 bits per heavy atom. The van der Waals surface area contributed by atoms with E-state index in [9.17, 15) is 4.21 Å². The van der Waals surface area contributed by atoms with Crippen molar-refractivity contribution < 1.29 is 13.7 Å². The highest BCUT2D eigenvalue weighted by atomic mass is 35.5. The maximum absolute atomic E-state index is 12.0. The van der Waals surface area contributed by atoms with Gasteiger partial charge < -0.3 is 14.4 Å². The van der Waals surface area contributed by atoms with Crippen molar-refractivity contribution in [1.29, 1.82) is 4.78 Å². The molecule has 0 spiro atoms. The van der Waals surface area contributed by atoms with Crippen LogP contribution in [-0.2, 0) is 21.0 Å². The van der Waals surface area contributed by atoms with Gasteiger partial charge in [0.2, 0.25) is 11.8 Å². The van der Waals surface area contributed by atoms with Gasteiger partial charge in [-0.25, -0.2) is 15.0 Å². The molecule has 1 atom stereocenters. The summed E-state index contributed by atoms with van der Waals surface area (Å²) < 4.78 is 31.3. The minimum Gasteiger partial charge on any atom is -0.436 e. The first kappa shape index (κ1) is 30.5. The lowest BCUT2D eigenvalue weighted by molar-refractivity contribution is -0.0661. The second kappa shape index (κ2) is 13.2. The third-order valence-corrected chi connectivity index (χ3v) is 9.80. The Bertz CT molecular complexity index is 1500. The maximum atomic E-state index is 12.0. The molecule has 3 fully saturated rings. The molecule has 3 aromatic rings. The number of likely N-dealkylation sites (tertiary alicyclic amines) is 1. The van der Waals surface area contributed by atoms with Crippen molar-refractivity contribution >= 4 is 38.9 Å². The molecule has 3 aliphatic rings. The quantitative estimate of drug-likeness (QED) is 0.342. The third-order valence-electron chi connectivity index (χ3n) is 8.26. The molecule has 3 saturated heterocycles. The monoisotopic (exact) mass is 645 g/mol. The van der Waals surface area contributed by atoms with Crippen LogP contribution in [0.4, 0.5) is 5.95 Å². The van der Waals surface area contributed by atoms with E-state index in [2.05, 4.69) is 24.7 Å². The zero-order valence-electron chi connectivity index (χ0n) is 24.3. The van der Waals surface area contributed by atoms with Crippen molar-refractivity contribution in [2.45, 2.75) is 25.4 Å². The van der Waals surface area contributed by atoms with Crippen LogP contribution in [0.2, 0.25) is 10.0 Å². The molecule has 0 bridgehead atoms. The van der Waals surface area contributed by atoms with Crippen LogP contribution in [0.5, 0.6) is 11.6 Å². The zero-order chi connectivity index (χ0) is 30.0. The van der Waals surface area contributed by atoms with E-state index in [1.807, 2.05) is 24.3 Å². The van der Waals surface area contributed by atoms with Crippen molar-refractivity contribution in [2.24, 2.45) is 5.92 Å². The van der Waals surface area contributed by atoms with E-state index >= 15 is 0 Å². The fraction of sp³-hybridized carbons (Fsp3) is 0.500. The first-order valence-corrected chi connectivity index (χ1v) is 17.5. The number of hydrogen-bond acceptors (Lipinski definition) is 10. The molecule has 3 aliphatic heterocycles. The number of pyridine rings is 1. The Morgan fingerprint density at radius 3 is 2.26 bits per heavy atom. The van der Waals surface area contributed by atoms with Gasteiger partial charge in [-0.2, -0.15) is 0 Å². The van der Waals surface area contributed by atoms with Gasteiger partial charge >= 0.3 is 0 Å². The summed E-state index contributed by atoms with van der Waals surface area (Å²) in [6.07, 6.45) is 6.79. The van der Waals surface area contributed by atoms with Gasteiger partial charge in [0.15, 0.2) is 5.75 Å². The summed E-state index contributed by atoms with van der Waals surface area (Å²) in [7, 11) is -2.48. The molecule has 6 rings (SSSR count). The molecule has 13 heteroatoms. The van der Waals surface area contributed by atoms with Crippen LogP contribution in [-0.4, -0.2) is 99.5 Å². The molecular formula is C30H37Cl2N7O3S. The number of benzene rings is 1. The minimum absolute atomic E-state index is 0.330. The summed E-state index contributed by atoms with van der Waals surface area (Å²) >= 11 is 12.6. The SMILES string of the molecule is CS(=N)(=O)CC1CCN(Cc2cc(Oc3cnc(N4CCN(C5COC5)CC4)nc3)nc(-c3cc(Cl)cc(Cl)c3)c2)CC1. The Labute approximate surface area is 263 Å². The van der Waals surface area contributed by atoms with Crippen LogP contribution in [0.3, 0.4) is 0 Å². The Balaban J connectivity index is 1.16. The summed E-state index contributed by atoms with van der Waals surface area (Å²) in [6.45, 7) is 7.85. The lowest BCUT2D eigenvalue weighted by Gasteiger charge is -2.42. The normalized spacial score (nSPS) is 20.5. The Hall–Kier alpha value is -2.54. The first-order chi connectivity index (χ1) is 20.7. The predicted molar refractivity (Wildman–Crippen MR) is 170 cm³/mol. The van der Waals surface area contributed by atoms with Crippen LogP contribution in [0.25, 0.3) is 11.3 Å². The molecule has 5 heterocycles. The van der Waals surface area contributed by atoms with Gasteiger partial charge in [0.05, 0.1) is 37.3 Å². The molecule has 1 aromatic carbocycles. The third kappa shape index (κ3) is 8.14. The fourth-order valence-corrected chi connectivity index (χ4v) is 7.70. The molecule has 230 valence electrons. The van der Waals surface area contributed by atoms with E-state index in [-0.39, 0.29) is 0 Å². The maximum Gasteiger partial charge on any atom is 0.225 e. The van der Waals surface area contributed by atoms with Gasteiger partial charge in [0.25, 0.3) is 0 Å². The number of piperidine rings is 1. The number of nitrogens with one attached hydrogen (secondary N) is 1. The van der Waals surface area contributed by atoms with Crippen LogP contribution < -0.4 is 9.64 Å². The standard InChI is InChI=1S/C30H37Cl2N7O3S/c1-43(33,40)20-21-2-4-37(5-3-21)17-22-10-28(23-12-24(31)14-25(32)13-23)36-29(11-22)42-27-15-34-30(35-16-27)39-8-6-38(7-9-39)26-18-41-19-26/h10-16,21,26,33H,2-9,17-20H2,1H3. The van der Waals surface area contributed by atoms with Gasteiger partial charge in [0.1, 0.15) is 0 Å². The van der Waals surface area contributed by atoms with E-state index in [1.54, 1.807) is 18.5 Å². The highest BCUT2D eigenvalue weighted by Gasteiger charge is 2.29. The average Bonchev–Trinajstić information content (AvgIpc) is 2.93. The van der Waals surface area contributed by atoms with Crippen LogP contribution in [0.1, 0.15) is 18.4 Å². The number of rotatable bonds is 9. The predicted octanol–water partition coefficient (Wildman–Crippen LogP) is 5.05. The fourth-order valence-electron chi connectivity index (χ4n) is 5.94. The molecule has 1 N–H and O–H groups in total. The van der Waals surface area contributed by atoms with E-state index in [1.165, 1.54) is 6.26 Å². The topological polar surface area (TPSA) is 108 Å². The second-order valence-electron chi connectivity index (χ2n) is 11.8. The molecule has 0 radical (unpaired) electrons. The second-order valence-corrected chi connectivity index (χ2v) is 15.0. The van der Waals surface area contributed by atoms with Crippen molar-refractivity contribution in [2.75, 3.05) is 69.4 Å². The van der Waals surface area contributed by atoms with Crippen molar-refractivity contribution in [3.05, 3.63) is 58.3 Å². The minimum atomic E-state index is -2.48. The summed E-state index contributed by atoms with van der Waals surface area (Å²) in [6, 6.07) is 9.91. The highest BCUT2D eigenvalue weighted by Crippen LogP contribution is 2.31. The summed E-state index contributed by atoms with van der Waals surface area (Å²) in [5, 5.41) is 1.07. The Kier molecular flexibility index (Phi) is 9.37. The van der Waals surface area contributed by atoms with Crippen LogP contribution in [0.15, 0.2) is 42.7 Å². The molecule has 0 saturated carbocycles. The highest BCUT2D eigenvalue weighted by molar-refractivity contribution is 7.91. The molecule has 2 aromatic heterocycles. The van der Waals surface area contributed by atoms with E-state index < -0.39 is 9.73 Å². The zero-order valence-corrected chi connectivity index (χ0v) is 26.6. The number of ether oxygens (including phenoxy) is 2. The molecule has 0 amide bonds. The first-order valence-electron chi connectivity index (χ1n) is 14.6. The smallest absolute Gasteiger partial charge is 0.225 e. The van der Waals surface area contributed by atoms with Crippen molar-refractivity contribution in [3.8, 4) is 22.9 Å². The van der Waals surface area contributed by atoms with E-state index in [4.69, 9.17) is 42.4 Å². The van der Waals surface area contributed by atoms with Crippen LogP contribution in [0, 0.1) is 10.7 Å². The molecule has 0 aliphatic carbocycles. The van der Waals surface area contributed by atoms with Crippen LogP contribution >= 0.6 is 23.2 Å². The van der Waals surface area contributed by atoms with Gasteiger partial charge in [-0.15, -0.1) is 0 Å². The lowest BCUT2D eigenvalue weighted by atomic mass is 9.98. The van der Waals surface area contributed by atoms with Gasteiger partial charge in [-0.1, -0.05) is 23.2 Å². The number of anilines is 1. The summed E-state index contributed by atoms with van der Waals surface area (Å²) in [5.41, 5.74) is 2.55. The molecule has 43 heavy (non-hydrogen) atoms. The van der Waals surface area contributed by atoms with Gasteiger partial charge in [-0.3, -0.25) is 18.8 Å². The van der Waals surface area contributed by atoms with Gasteiger partial charge in [0, 0.05) is 76.1 Å². The van der Waals surface area contributed by atoms with Crippen molar-refractivity contribution in [1.82, 2.24) is 24.8 Å². The van der Waals surface area contributed by atoms with E-state index in [0.717, 1.165) is 76.5 Å². The summed E-state index contributed by atoms with van der Waals surface area (Å²) in [4.78, 5) is 21.0. The van der Waals surface area contributed by atoms with Crippen molar-refractivity contribution in [3.63, 3.8) is 0 Å². The average molecular weight is 647 g/mol. The van der Waals surface area contributed by atoms with E-state index in [0.29, 0.717) is 57.6 Å². The Morgan fingerprint density at radius 1 is 0.977 bits per heavy atom. The molecule has 1 unspecified atom stereocenters.